The molecule has 3 rings (SSSR count). The molecule has 1 aromatic rings. The maximum atomic E-state index is 13.0. The molecule has 2 unspecified atom stereocenters. The van der Waals surface area contributed by atoms with Crippen molar-refractivity contribution in [2.45, 2.75) is 32.2 Å². The van der Waals surface area contributed by atoms with Crippen molar-refractivity contribution in [2.24, 2.45) is 11.1 Å². The topological polar surface area (TPSA) is 49.6 Å². The molecule has 2 fully saturated rings. The zero-order valence-corrected chi connectivity index (χ0v) is 13.9. The Balaban J connectivity index is 1.78. The summed E-state index contributed by atoms with van der Waals surface area (Å²) < 4.78 is 0. The van der Waals surface area contributed by atoms with Crippen LogP contribution in [-0.2, 0) is 4.79 Å². The van der Waals surface area contributed by atoms with Crippen molar-refractivity contribution in [3.63, 3.8) is 0 Å². The van der Waals surface area contributed by atoms with E-state index in [9.17, 15) is 4.79 Å². The van der Waals surface area contributed by atoms with E-state index in [4.69, 9.17) is 17.3 Å². The van der Waals surface area contributed by atoms with Crippen LogP contribution >= 0.6 is 11.6 Å². The predicted octanol–water partition coefficient (Wildman–Crippen LogP) is 2.51. The lowest BCUT2D eigenvalue weighted by molar-refractivity contribution is -0.125. The molecule has 0 aliphatic carbocycles. The normalized spacial score (nSPS) is 30.0. The van der Waals surface area contributed by atoms with Crippen molar-refractivity contribution in [1.29, 1.82) is 0 Å². The minimum Gasteiger partial charge on any atom is -0.330 e. The molecule has 22 heavy (non-hydrogen) atoms. The number of carbonyl (C=O) groups is 1. The van der Waals surface area contributed by atoms with Gasteiger partial charge < -0.3 is 10.6 Å². The fourth-order valence-electron chi connectivity index (χ4n) is 3.60. The van der Waals surface area contributed by atoms with Gasteiger partial charge in [-0.1, -0.05) is 30.7 Å². The van der Waals surface area contributed by atoms with Gasteiger partial charge in [0.15, 0.2) is 0 Å². The first-order valence-corrected chi connectivity index (χ1v) is 8.42. The molecule has 5 heteroatoms. The number of piperidine rings is 1. The van der Waals surface area contributed by atoms with Gasteiger partial charge in [0.2, 0.25) is 5.91 Å². The molecule has 2 heterocycles. The SMILES string of the molecule is CC1(CN)CCN(C2CCCN(c3ccccc3Cl)C2=O)C1. The summed E-state index contributed by atoms with van der Waals surface area (Å²) in [6.07, 6.45) is 3.01. The van der Waals surface area contributed by atoms with E-state index in [0.29, 0.717) is 11.6 Å². The Kier molecular flexibility index (Phi) is 4.44. The van der Waals surface area contributed by atoms with Gasteiger partial charge in [-0.2, -0.15) is 0 Å². The summed E-state index contributed by atoms with van der Waals surface area (Å²) in [5.41, 5.74) is 6.87. The minimum atomic E-state index is -0.0293. The molecule has 1 amide bonds. The predicted molar refractivity (Wildman–Crippen MR) is 90.2 cm³/mol. The van der Waals surface area contributed by atoms with Gasteiger partial charge in [-0.3, -0.25) is 9.69 Å². The van der Waals surface area contributed by atoms with Crippen LogP contribution < -0.4 is 10.6 Å². The first-order chi connectivity index (χ1) is 10.5. The Labute approximate surface area is 137 Å². The van der Waals surface area contributed by atoms with Gasteiger partial charge in [0.05, 0.1) is 16.8 Å². The van der Waals surface area contributed by atoms with Crippen LogP contribution in [0.4, 0.5) is 5.69 Å². The Hall–Kier alpha value is -1.10. The number of halogens is 1. The third-order valence-corrected chi connectivity index (χ3v) is 5.39. The van der Waals surface area contributed by atoms with E-state index in [2.05, 4.69) is 11.8 Å². The summed E-state index contributed by atoms with van der Waals surface area (Å²) >= 11 is 6.27. The number of benzene rings is 1. The Morgan fingerprint density at radius 3 is 2.82 bits per heavy atom. The van der Waals surface area contributed by atoms with Gasteiger partial charge in [-0.25, -0.2) is 0 Å². The fourth-order valence-corrected chi connectivity index (χ4v) is 3.84. The van der Waals surface area contributed by atoms with Crippen molar-refractivity contribution in [3.05, 3.63) is 29.3 Å². The van der Waals surface area contributed by atoms with Crippen molar-refractivity contribution in [2.75, 3.05) is 31.1 Å². The second-order valence-corrected chi connectivity index (χ2v) is 7.24. The van der Waals surface area contributed by atoms with Gasteiger partial charge in [0.1, 0.15) is 0 Å². The summed E-state index contributed by atoms with van der Waals surface area (Å²) in [5.74, 6) is 0.181. The van der Waals surface area contributed by atoms with Crippen LogP contribution in [0.3, 0.4) is 0 Å². The molecule has 0 spiro atoms. The fraction of sp³-hybridized carbons (Fsp3) is 0.588. The molecule has 1 aromatic carbocycles. The van der Waals surface area contributed by atoms with Crippen LogP contribution in [0.15, 0.2) is 24.3 Å². The van der Waals surface area contributed by atoms with E-state index in [1.807, 2.05) is 29.2 Å². The van der Waals surface area contributed by atoms with Crippen LogP contribution in [0.25, 0.3) is 0 Å². The summed E-state index contributed by atoms with van der Waals surface area (Å²) in [4.78, 5) is 17.1. The molecule has 120 valence electrons. The number of likely N-dealkylation sites (tertiary alicyclic amines) is 1. The highest BCUT2D eigenvalue weighted by molar-refractivity contribution is 6.33. The largest absolute Gasteiger partial charge is 0.330 e. The summed E-state index contributed by atoms with van der Waals surface area (Å²) in [5, 5.41) is 0.643. The van der Waals surface area contributed by atoms with Crippen LogP contribution in [0.2, 0.25) is 5.02 Å². The third-order valence-electron chi connectivity index (χ3n) is 5.07. The highest BCUT2D eigenvalue weighted by Gasteiger charge is 2.41. The minimum absolute atomic E-state index is 0.0293. The number of amides is 1. The average molecular weight is 322 g/mol. The molecule has 2 saturated heterocycles. The Bertz CT molecular complexity index is 565. The lowest BCUT2D eigenvalue weighted by atomic mass is 9.90. The molecule has 0 saturated carbocycles. The molecule has 2 atom stereocenters. The summed E-state index contributed by atoms with van der Waals surface area (Å²) in [7, 11) is 0. The zero-order valence-electron chi connectivity index (χ0n) is 13.1. The first-order valence-electron chi connectivity index (χ1n) is 8.04. The zero-order chi connectivity index (χ0) is 15.7. The second-order valence-electron chi connectivity index (χ2n) is 6.83. The number of para-hydroxylation sites is 1. The molecule has 2 N–H and O–H groups in total. The number of carbonyl (C=O) groups excluding carboxylic acids is 1. The van der Waals surface area contributed by atoms with E-state index in [-0.39, 0.29) is 17.4 Å². The van der Waals surface area contributed by atoms with E-state index in [1.165, 1.54) is 0 Å². The van der Waals surface area contributed by atoms with Crippen molar-refractivity contribution < 1.29 is 4.79 Å². The second kappa shape index (κ2) is 6.19. The molecule has 0 radical (unpaired) electrons. The van der Waals surface area contributed by atoms with E-state index < -0.39 is 0 Å². The van der Waals surface area contributed by atoms with E-state index in [1.54, 1.807) is 0 Å². The lowest BCUT2D eigenvalue weighted by Crippen LogP contribution is -2.52. The van der Waals surface area contributed by atoms with Crippen molar-refractivity contribution >= 4 is 23.2 Å². The Morgan fingerprint density at radius 1 is 1.36 bits per heavy atom. The maximum Gasteiger partial charge on any atom is 0.244 e. The highest BCUT2D eigenvalue weighted by atomic mass is 35.5. The summed E-state index contributed by atoms with van der Waals surface area (Å²) in [6.45, 7) is 5.52. The molecule has 2 aliphatic rings. The molecule has 0 aromatic heterocycles. The third kappa shape index (κ3) is 2.87. The molecular formula is C17H24ClN3O. The van der Waals surface area contributed by atoms with Crippen LogP contribution in [-0.4, -0.2) is 43.0 Å². The van der Waals surface area contributed by atoms with E-state index in [0.717, 1.165) is 44.6 Å². The quantitative estimate of drug-likeness (QED) is 0.930. The van der Waals surface area contributed by atoms with Gasteiger partial charge in [0, 0.05) is 13.1 Å². The highest BCUT2D eigenvalue weighted by Crippen LogP contribution is 2.34. The van der Waals surface area contributed by atoms with Crippen LogP contribution in [0, 0.1) is 5.41 Å². The molecule has 4 nitrogen and oxygen atoms in total. The molecule has 2 aliphatic heterocycles. The first kappa shape index (κ1) is 15.8. The number of nitrogens with zero attached hydrogens (tertiary/aromatic N) is 2. The lowest BCUT2D eigenvalue weighted by Gasteiger charge is -2.37. The molecular weight excluding hydrogens is 298 g/mol. The van der Waals surface area contributed by atoms with E-state index >= 15 is 0 Å². The van der Waals surface area contributed by atoms with Crippen molar-refractivity contribution in [1.82, 2.24) is 4.90 Å². The van der Waals surface area contributed by atoms with Gasteiger partial charge in [-0.05, 0) is 49.9 Å². The number of rotatable bonds is 3. The number of hydrogen-bond donors (Lipinski definition) is 1. The van der Waals surface area contributed by atoms with Gasteiger partial charge >= 0.3 is 0 Å². The molecule has 0 bridgehead atoms. The number of nitrogens with two attached hydrogens (primary N) is 1. The smallest absolute Gasteiger partial charge is 0.244 e. The monoisotopic (exact) mass is 321 g/mol. The van der Waals surface area contributed by atoms with Crippen LogP contribution in [0.1, 0.15) is 26.2 Å². The van der Waals surface area contributed by atoms with Crippen LogP contribution in [0.5, 0.6) is 0 Å². The summed E-state index contributed by atoms with van der Waals surface area (Å²) in [6, 6.07) is 7.56. The number of hydrogen-bond acceptors (Lipinski definition) is 3. The average Bonchev–Trinajstić information content (AvgIpc) is 2.91. The standard InChI is InChI=1S/C17H24ClN3O/c1-17(11-19)8-10-20(12-17)15-7-4-9-21(16(15)22)14-6-3-2-5-13(14)18/h2-3,5-6,15H,4,7-12,19H2,1H3. The maximum absolute atomic E-state index is 13.0. The van der Waals surface area contributed by atoms with Gasteiger partial charge in [-0.15, -0.1) is 0 Å². The van der Waals surface area contributed by atoms with Crippen molar-refractivity contribution in [3.8, 4) is 0 Å². The Morgan fingerprint density at radius 2 is 2.14 bits per heavy atom. The number of anilines is 1. The van der Waals surface area contributed by atoms with Gasteiger partial charge in [0.25, 0.3) is 0 Å².